The molecule has 2 nitrogen and oxygen atoms in total. The first kappa shape index (κ1) is 11.6. The zero-order valence-corrected chi connectivity index (χ0v) is 10.0. The molecule has 1 atom stereocenters. The SMILES string of the molecule is Cc1ccccc1COCCC1CCNC1. The van der Waals surface area contributed by atoms with Crippen molar-refractivity contribution in [3.63, 3.8) is 0 Å². The summed E-state index contributed by atoms with van der Waals surface area (Å²) in [5.41, 5.74) is 2.64. The average Bonchev–Trinajstić information content (AvgIpc) is 2.79. The number of benzene rings is 1. The standard InChI is InChI=1S/C14H21NO/c1-12-4-2-3-5-14(12)11-16-9-7-13-6-8-15-10-13/h2-5,13,15H,6-11H2,1H3. The fraction of sp³-hybridized carbons (Fsp3) is 0.571. The van der Waals surface area contributed by atoms with Crippen LogP contribution in [0.2, 0.25) is 0 Å². The van der Waals surface area contributed by atoms with Crippen molar-refractivity contribution < 1.29 is 4.74 Å². The van der Waals surface area contributed by atoms with Gasteiger partial charge in [-0.15, -0.1) is 0 Å². The molecule has 1 aromatic rings. The number of hydrogen-bond donors (Lipinski definition) is 1. The van der Waals surface area contributed by atoms with Gasteiger partial charge in [-0.25, -0.2) is 0 Å². The zero-order chi connectivity index (χ0) is 11.2. The highest BCUT2D eigenvalue weighted by atomic mass is 16.5. The van der Waals surface area contributed by atoms with E-state index >= 15 is 0 Å². The molecular formula is C14H21NO. The average molecular weight is 219 g/mol. The molecule has 1 saturated heterocycles. The summed E-state index contributed by atoms with van der Waals surface area (Å²) in [4.78, 5) is 0. The van der Waals surface area contributed by atoms with Crippen LogP contribution < -0.4 is 5.32 Å². The Bertz CT molecular complexity index is 318. The zero-order valence-electron chi connectivity index (χ0n) is 10.0. The van der Waals surface area contributed by atoms with E-state index in [4.69, 9.17) is 4.74 Å². The van der Waals surface area contributed by atoms with Gasteiger partial charge in [0.1, 0.15) is 0 Å². The lowest BCUT2D eigenvalue weighted by Crippen LogP contribution is -2.10. The van der Waals surface area contributed by atoms with Crippen LogP contribution in [0.3, 0.4) is 0 Å². The van der Waals surface area contributed by atoms with Gasteiger partial charge < -0.3 is 10.1 Å². The second kappa shape index (κ2) is 6.02. The highest BCUT2D eigenvalue weighted by molar-refractivity contribution is 5.24. The molecule has 1 unspecified atom stereocenters. The van der Waals surface area contributed by atoms with Crippen LogP contribution in [0.1, 0.15) is 24.0 Å². The molecule has 1 aliphatic rings. The lowest BCUT2D eigenvalue weighted by Gasteiger charge is -2.10. The van der Waals surface area contributed by atoms with Crippen LogP contribution >= 0.6 is 0 Å². The van der Waals surface area contributed by atoms with Gasteiger partial charge in [0.15, 0.2) is 0 Å². The molecule has 0 amide bonds. The van der Waals surface area contributed by atoms with Crippen molar-refractivity contribution in [3.8, 4) is 0 Å². The Kier molecular flexibility index (Phi) is 4.37. The van der Waals surface area contributed by atoms with E-state index in [1.54, 1.807) is 0 Å². The molecule has 0 aromatic heterocycles. The van der Waals surface area contributed by atoms with Crippen LogP contribution in [0.25, 0.3) is 0 Å². The molecule has 0 spiro atoms. The van der Waals surface area contributed by atoms with Crippen LogP contribution in [0.4, 0.5) is 0 Å². The molecule has 16 heavy (non-hydrogen) atoms. The molecule has 1 heterocycles. The maximum Gasteiger partial charge on any atom is 0.0719 e. The summed E-state index contributed by atoms with van der Waals surface area (Å²) in [6.07, 6.45) is 2.51. The minimum absolute atomic E-state index is 0.757. The van der Waals surface area contributed by atoms with Gasteiger partial charge in [0, 0.05) is 6.61 Å². The summed E-state index contributed by atoms with van der Waals surface area (Å²) in [6.45, 7) is 6.14. The van der Waals surface area contributed by atoms with Crippen molar-refractivity contribution in [2.24, 2.45) is 5.92 Å². The Labute approximate surface area is 98.0 Å². The third-order valence-corrected chi connectivity index (χ3v) is 3.35. The van der Waals surface area contributed by atoms with Gasteiger partial charge in [-0.1, -0.05) is 24.3 Å². The molecule has 1 fully saturated rings. The maximum atomic E-state index is 5.73. The van der Waals surface area contributed by atoms with E-state index in [1.165, 1.54) is 37.1 Å². The van der Waals surface area contributed by atoms with Gasteiger partial charge in [0.05, 0.1) is 6.61 Å². The van der Waals surface area contributed by atoms with E-state index in [1.807, 2.05) is 0 Å². The Hall–Kier alpha value is -0.860. The van der Waals surface area contributed by atoms with Crippen LogP contribution in [0, 0.1) is 12.8 Å². The van der Waals surface area contributed by atoms with Crippen molar-refractivity contribution in [2.45, 2.75) is 26.4 Å². The molecule has 1 aliphatic heterocycles. The van der Waals surface area contributed by atoms with Crippen LogP contribution in [-0.2, 0) is 11.3 Å². The van der Waals surface area contributed by atoms with Crippen LogP contribution in [0.5, 0.6) is 0 Å². The Morgan fingerprint density at radius 3 is 3.00 bits per heavy atom. The largest absolute Gasteiger partial charge is 0.377 e. The molecule has 0 radical (unpaired) electrons. The van der Waals surface area contributed by atoms with Crippen molar-refractivity contribution in [1.82, 2.24) is 5.32 Å². The molecule has 0 bridgehead atoms. The first-order chi connectivity index (χ1) is 7.86. The van der Waals surface area contributed by atoms with Gasteiger partial charge in [-0.3, -0.25) is 0 Å². The first-order valence-corrected chi connectivity index (χ1v) is 6.19. The molecule has 1 aromatic carbocycles. The van der Waals surface area contributed by atoms with E-state index in [9.17, 15) is 0 Å². The fourth-order valence-corrected chi connectivity index (χ4v) is 2.16. The normalized spacial score (nSPS) is 20.2. The number of nitrogens with one attached hydrogen (secondary N) is 1. The summed E-state index contributed by atoms with van der Waals surface area (Å²) in [5, 5.41) is 3.38. The van der Waals surface area contributed by atoms with E-state index in [-0.39, 0.29) is 0 Å². The monoisotopic (exact) mass is 219 g/mol. The van der Waals surface area contributed by atoms with E-state index in [2.05, 4.69) is 36.5 Å². The lowest BCUT2D eigenvalue weighted by molar-refractivity contribution is 0.109. The van der Waals surface area contributed by atoms with Gasteiger partial charge in [-0.05, 0) is 49.9 Å². The van der Waals surface area contributed by atoms with Crippen molar-refractivity contribution >= 4 is 0 Å². The van der Waals surface area contributed by atoms with Crippen LogP contribution in [-0.4, -0.2) is 19.7 Å². The Morgan fingerprint density at radius 1 is 1.38 bits per heavy atom. The summed E-state index contributed by atoms with van der Waals surface area (Å²) < 4.78 is 5.73. The lowest BCUT2D eigenvalue weighted by atomic mass is 10.1. The van der Waals surface area contributed by atoms with Crippen molar-refractivity contribution in [1.29, 1.82) is 0 Å². The number of hydrogen-bond acceptors (Lipinski definition) is 2. The smallest absolute Gasteiger partial charge is 0.0719 e. The second-order valence-corrected chi connectivity index (χ2v) is 4.63. The molecule has 1 N–H and O–H groups in total. The minimum Gasteiger partial charge on any atom is -0.377 e. The third-order valence-electron chi connectivity index (χ3n) is 3.35. The number of ether oxygens (including phenoxy) is 1. The molecule has 0 saturated carbocycles. The van der Waals surface area contributed by atoms with E-state index in [0.29, 0.717) is 0 Å². The molecule has 2 rings (SSSR count). The number of rotatable bonds is 5. The van der Waals surface area contributed by atoms with Crippen molar-refractivity contribution in [3.05, 3.63) is 35.4 Å². The summed E-state index contributed by atoms with van der Waals surface area (Å²) in [7, 11) is 0. The van der Waals surface area contributed by atoms with Crippen molar-refractivity contribution in [2.75, 3.05) is 19.7 Å². The minimum atomic E-state index is 0.757. The topological polar surface area (TPSA) is 21.3 Å². The van der Waals surface area contributed by atoms with Gasteiger partial charge in [0.25, 0.3) is 0 Å². The highest BCUT2D eigenvalue weighted by Gasteiger charge is 2.13. The predicted molar refractivity (Wildman–Crippen MR) is 66.4 cm³/mol. The molecule has 2 heteroatoms. The summed E-state index contributed by atoms with van der Waals surface area (Å²) in [5.74, 6) is 0.830. The van der Waals surface area contributed by atoms with Gasteiger partial charge in [0.2, 0.25) is 0 Å². The quantitative estimate of drug-likeness (QED) is 0.768. The Morgan fingerprint density at radius 2 is 2.25 bits per heavy atom. The number of aryl methyl sites for hydroxylation is 1. The Balaban J connectivity index is 1.66. The van der Waals surface area contributed by atoms with Gasteiger partial charge >= 0.3 is 0 Å². The molecular weight excluding hydrogens is 198 g/mol. The van der Waals surface area contributed by atoms with E-state index < -0.39 is 0 Å². The highest BCUT2D eigenvalue weighted by Crippen LogP contribution is 2.13. The first-order valence-electron chi connectivity index (χ1n) is 6.19. The maximum absolute atomic E-state index is 5.73. The molecule has 88 valence electrons. The fourth-order valence-electron chi connectivity index (χ4n) is 2.16. The summed E-state index contributed by atoms with van der Waals surface area (Å²) >= 11 is 0. The molecule has 0 aliphatic carbocycles. The second-order valence-electron chi connectivity index (χ2n) is 4.63. The third kappa shape index (κ3) is 3.32. The predicted octanol–water partition coefficient (Wildman–Crippen LogP) is 2.51. The van der Waals surface area contributed by atoms with Crippen LogP contribution in [0.15, 0.2) is 24.3 Å². The van der Waals surface area contributed by atoms with Gasteiger partial charge in [-0.2, -0.15) is 0 Å². The summed E-state index contributed by atoms with van der Waals surface area (Å²) in [6, 6.07) is 8.43. The van der Waals surface area contributed by atoms with E-state index in [0.717, 1.165) is 19.1 Å².